The molecule has 1 aromatic heterocycles. The molecule has 3 heterocycles. The van der Waals surface area contributed by atoms with Crippen molar-refractivity contribution in [1.82, 2.24) is 15.2 Å². The number of pyridine rings is 1. The Morgan fingerprint density at radius 3 is 2.29 bits per heavy atom. The van der Waals surface area contributed by atoms with Crippen molar-refractivity contribution in [3.05, 3.63) is 92.0 Å². The largest absolute Gasteiger partial charge is 0.356 e. The van der Waals surface area contributed by atoms with Gasteiger partial charge >= 0.3 is 0 Å². The molecule has 1 atom stereocenters. The van der Waals surface area contributed by atoms with Crippen LogP contribution in [0.3, 0.4) is 0 Å². The van der Waals surface area contributed by atoms with E-state index in [9.17, 15) is 13.6 Å². The number of nitrogens with zero attached hydrogens (tertiary/aromatic N) is 3. The smallest absolute Gasteiger partial charge is 0.253 e. The van der Waals surface area contributed by atoms with Crippen molar-refractivity contribution in [2.75, 3.05) is 31.1 Å². The lowest BCUT2D eigenvalue weighted by atomic mass is 9.79. The van der Waals surface area contributed by atoms with Crippen LogP contribution in [-0.4, -0.2) is 42.0 Å². The molecule has 218 valence electrons. The highest BCUT2D eigenvalue weighted by atomic mass is 79.9. The number of rotatable bonds is 7. The molecule has 0 aliphatic carbocycles. The molecule has 41 heavy (non-hydrogen) atoms. The summed E-state index contributed by atoms with van der Waals surface area (Å²) in [7, 11) is 0. The first kappa shape index (κ1) is 30.1. The van der Waals surface area contributed by atoms with E-state index >= 15 is 0 Å². The number of benzene rings is 2. The van der Waals surface area contributed by atoms with Gasteiger partial charge in [0.15, 0.2) is 11.6 Å². The summed E-state index contributed by atoms with van der Waals surface area (Å²) in [5.41, 5.74) is 2.28. The number of nitrogens with one attached hydrogen (secondary N) is 1. The van der Waals surface area contributed by atoms with Gasteiger partial charge in [-0.05, 0) is 108 Å². The minimum Gasteiger partial charge on any atom is -0.356 e. The Balaban J connectivity index is 1.13. The van der Waals surface area contributed by atoms with Gasteiger partial charge in [-0.3, -0.25) is 9.69 Å². The molecular formula is C32H36Br2F2N4O. The van der Waals surface area contributed by atoms with Gasteiger partial charge < -0.3 is 10.2 Å². The fourth-order valence-electron chi connectivity index (χ4n) is 6.12. The Morgan fingerprint density at radius 1 is 0.854 bits per heavy atom. The van der Waals surface area contributed by atoms with Gasteiger partial charge in [0.2, 0.25) is 0 Å². The third kappa shape index (κ3) is 8.14. The lowest BCUT2D eigenvalue weighted by molar-refractivity contribution is 0.0950. The van der Waals surface area contributed by atoms with Crippen molar-refractivity contribution in [3.63, 3.8) is 0 Å². The van der Waals surface area contributed by atoms with Gasteiger partial charge in [0.05, 0.1) is 10.0 Å². The van der Waals surface area contributed by atoms with Gasteiger partial charge in [0.25, 0.3) is 5.91 Å². The van der Waals surface area contributed by atoms with E-state index in [4.69, 9.17) is 0 Å². The zero-order valence-electron chi connectivity index (χ0n) is 23.1. The van der Waals surface area contributed by atoms with E-state index in [0.717, 1.165) is 84.3 Å². The van der Waals surface area contributed by atoms with Gasteiger partial charge in [0, 0.05) is 36.8 Å². The van der Waals surface area contributed by atoms with E-state index in [-0.39, 0.29) is 12.5 Å². The van der Waals surface area contributed by atoms with E-state index < -0.39 is 11.6 Å². The number of halogens is 4. The lowest BCUT2D eigenvalue weighted by Crippen LogP contribution is -2.38. The normalized spacial score (nSPS) is 19.0. The summed E-state index contributed by atoms with van der Waals surface area (Å²) in [4.78, 5) is 22.3. The van der Waals surface area contributed by atoms with Crippen molar-refractivity contribution < 1.29 is 13.6 Å². The van der Waals surface area contributed by atoms with E-state index in [1.807, 2.05) is 0 Å². The Bertz CT molecular complexity index is 1330. The topological polar surface area (TPSA) is 48.5 Å². The SMILES string of the molecule is O=C(NCc1ccc(F)c(F)c1)c1cnc(N2CCCCC(C3CCN(Cc4ccc(Br)cc4)CC3)CC2)c(Br)c1. The molecule has 5 nitrogen and oxygen atoms in total. The molecule has 2 fully saturated rings. The lowest BCUT2D eigenvalue weighted by Gasteiger charge is -2.38. The number of piperidine rings is 1. The molecule has 2 aliphatic rings. The molecule has 2 aliphatic heterocycles. The Hall–Kier alpha value is -2.36. The third-order valence-corrected chi connectivity index (χ3v) is 9.57. The minimum absolute atomic E-state index is 0.103. The van der Waals surface area contributed by atoms with Crippen LogP contribution >= 0.6 is 31.9 Å². The van der Waals surface area contributed by atoms with Crippen LogP contribution in [0.5, 0.6) is 0 Å². The average molecular weight is 690 g/mol. The predicted octanol–water partition coefficient (Wildman–Crippen LogP) is 7.72. The first-order valence-corrected chi connectivity index (χ1v) is 16.0. The second kappa shape index (κ2) is 14.2. The number of hydrogen-bond donors (Lipinski definition) is 1. The highest BCUT2D eigenvalue weighted by Gasteiger charge is 2.28. The average Bonchev–Trinajstić information content (AvgIpc) is 2.96. The third-order valence-electron chi connectivity index (χ3n) is 8.46. The molecule has 2 aromatic carbocycles. The molecule has 5 rings (SSSR count). The van der Waals surface area contributed by atoms with Crippen molar-refractivity contribution in [3.8, 4) is 0 Å². The number of anilines is 1. The van der Waals surface area contributed by atoms with E-state index in [2.05, 4.69) is 76.2 Å². The maximum Gasteiger partial charge on any atom is 0.253 e. The zero-order chi connectivity index (χ0) is 28.8. The number of amides is 1. The highest BCUT2D eigenvalue weighted by molar-refractivity contribution is 9.10. The van der Waals surface area contributed by atoms with Crippen molar-refractivity contribution >= 4 is 43.6 Å². The molecule has 1 unspecified atom stereocenters. The summed E-state index contributed by atoms with van der Waals surface area (Å²) in [5, 5.41) is 2.76. The molecule has 0 bridgehead atoms. The Morgan fingerprint density at radius 2 is 1.56 bits per heavy atom. The van der Waals surface area contributed by atoms with Gasteiger partial charge in [-0.2, -0.15) is 0 Å². The summed E-state index contributed by atoms with van der Waals surface area (Å²) >= 11 is 7.18. The molecule has 1 amide bonds. The molecule has 1 N–H and O–H groups in total. The second-order valence-electron chi connectivity index (χ2n) is 11.2. The summed E-state index contributed by atoms with van der Waals surface area (Å²) < 4.78 is 28.6. The summed E-state index contributed by atoms with van der Waals surface area (Å²) in [6.45, 7) is 5.35. The maximum atomic E-state index is 13.5. The molecule has 9 heteroatoms. The summed E-state index contributed by atoms with van der Waals surface area (Å²) in [6, 6.07) is 14.1. The van der Waals surface area contributed by atoms with Crippen LogP contribution in [0.2, 0.25) is 0 Å². The highest BCUT2D eigenvalue weighted by Crippen LogP contribution is 2.34. The molecule has 0 spiro atoms. The minimum atomic E-state index is -0.928. The van der Waals surface area contributed by atoms with Crippen LogP contribution in [0.25, 0.3) is 0 Å². The van der Waals surface area contributed by atoms with Crippen LogP contribution in [0.15, 0.2) is 63.7 Å². The monoisotopic (exact) mass is 688 g/mol. The number of carbonyl (C=O) groups excluding carboxylic acids is 1. The fourth-order valence-corrected chi connectivity index (χ4v) is 6.99. The van der Waals surface area contributed by atoms with Crippen molar-refractivity contribution in [2.24, 2.45) is 11.8 Å². The number of aromatic nitrogens is 1. The first-order valence-electron chi connectivity index (χ1n) is 14.4. The van der Waals surface area contributed by atoms with E-state index in [1.54, 1.807) is 12.3 Å². The molecule has 2 saturated heterocycles. The van der Waals surface area contributed by atoms with Crippen LogP contribution < -0.4 is 10.2 Å². The van der Waals surface area contributed by atoms with Crippen molar-refractivity contribution in [1.29, 1.82) is 0 Å². The van der Waals surface area contributed by atoms with Crippen molar-refractivity contribution in [2.45, 2.75) is 51.6 Å². The van der Waals surface area contributed by atoms with Gasteiger partial charge in [-0.1, -0.05) is 47.0 Å². The second-order valence-corrected chi connectivity index (χ2v) is 13.0. The van der Waals surface area contributed by atoms with Gasteiger partial charge in [-0.25, -0.2) is 13.8 Å². The molecule has 0 radical (unpaired) electrons. The Labute approximate surface area is 258 Å². The Kier molecular flexibility index (Phi) is 10.4. The zero-order valence-corrected chi connectivity index (χ0v) is 26.3. The van der Waals surface area contributed by atoms with Crippen LogP contribution in [0.4, 0.5) is 14.6 Å². The van der Waals surface area contributed by atoms with Gasteiger partial charge in [0.1, 0.15) is 5.82 Å². The summed E-state index contributed by atoms with van der Waals surface area (Å²) in [5.74, 6) is 0.224. The number of hydrogen-bond acceptors (Lipinski definition) is 4. The standard InChI is InChI=1S/C32H36Br2F2N4O/c33-27-7-4-22(5-8-27)21-39-14-10-25(11-15-39)24-3-1-2-13-40(16-12-24)31-28(34)18-26(20-37-31)32(41)38-19-23-6-9-29(35)30(36)17-23/h4-9,17-18,20,24-25H,1-3,10-16,19,21H2,(H,38,41). The predicted molar refractivity (Wildman–Crippen MR) is 166 cm³/mol. The van der Waals surface area contributed by atoms with E-state index in [0.29, 0.717) is 11.1 Å². The molecule has 0 saturated carbocycles. The van der Waals surface area contributed by atoms with Crippen LogP contribution in [0.1, 0.15) is 60.0 Å². The van der Waals surface area contributed by atoms with Gasteiger partial charge in [-0.15, -0.1) is 0 Å². The first-order chi connectivity index (χ1) is 19.9. The summed E-state index contributed by atoms with van der Waals surface area (Å²) in [6.07, 6.45) is 8.93. The number of likely N-dealkylation sites (tertiary alicyclic amines) is 1. The van der Waals surface area contributed by atoms with E-state index in [1.165, 1.54) is 37.3 Å². The molecular weight excluding hydrogens is 654 g/mol. The molecule has 3 aromatic rings. The van der Waals surface area contributed by atoms with Crippen LogP contribution in [0, 0.1) is 23.5 Å². The fraction of sp³-hybridized carbons (Fsp3) is 0.438. The maximum absolute atomic E-state index is 13.5. The van der Waals surface area contributed by atoms with Crippen LogP contribution in [-0.2, 0) is 13.1 Å². The quantitative estimate of drug-likeness (QED) is 0.276. The number of carbonyl (C=O) groups is 1.